The van der Waals surface area contributed by atoms with E-state index in [4.69, 9.17) is 31.6 Å². The maximum absolute atomic E-state index is 14.5. The SMILES string of the molecule is C[C@]1(OP(=O)(O)OP(=O)(O)OP(=O)(O)O)O[C@@H](n2ccc(=S)[nH]c2=O)[C@@H](F)[C@H]1O. The van der Waals surface area contributed by atoms with Crippen molar-refractivity contribution in [2.24, 2.45) is 0 Å². The van der Waals surface area contributed by atoms with E-state index in [1.54, 1.807) is 0 Å². The molecule has 0 aromatic carbocycles. The Labute approximate surface area is 165 Å². The molecule has 29 heavy (non-hydrogen) atoms. The molecule has 1 aromatic heterocycles. The fraction of sp³-hybridized carbons (Fsp3) is 0.556. The third-order valence-corrected chi connectivity index (χ3v) is 7.46. The molecule has 0 saturated carbocycles. The van der Waals surface area contributed by atoms with Gasteiger partial charge in [-0.2, -0.15) is 8.62 Å². The van der Waals surface area contributed by atoms with E-state index in [2.05, 4.69) is 18.1 Å². The van der Waals surface area contributed by atoms with Crippen molar-refractivity contribution in [3.05, 3.63) is 27.4 Å². The lowest BCUT2D eigenvalue weighted by Gasteiger charge is -2.29. The molecule has 1 aliphatic rings. The molecule has 2 heterocycles. The van der Waals surface area contributed by atoms with Gasteiger partial charge in [0.15, 0.2) is 12.4 Å². The van der Waals surface area contributed by atoms with Gasteiger partial charge in [0.05, 0.1) is 0 Å². The predicted octanol–water partition coefficient (Wildman–Crippen LogP) is 0.193. The molecular weight excluding hydrogens is 488 g/mol. The van der Waals surface area contributed by atoms with Gasteiger partial charge in [0.25, 0.3) is 0 Å². The largest absolute Gasteiger partial charge is 0.490 e. The molecule has 1 aliphatic heterocycles. The monoisotopic (exact) mass is 502 g/mol. The number of aliphatic hydroxyl groups is 1. The number of aromatic amines is 1. The van der Waals surface area contributed by atoms with Crippen LogP contribution in [0.5, 0.6) is 0 Å². The lowest BCUT2D eigenvalue weighted by molar-refractivity contribution is -0.214. The van der Waals surface area contributed by atoms with Crippen molar-refractivity contribution in [3.63, 3.8) is 0 Å². The van der Waals surface area contributed by atoms with Crippen molar-refractivity contribution in [2.45, 2.75) is 31.2 Å². The maximum atomic E-state index is 14.5. The Morgan fingerprint density at radius 3 is 2.34 bits per heavy atom. The Kier molecular flexibility index (Phi) is 6.90. The lowest BCUT2D eigenvalue weighted by Crippen LogP contribution is -2.41. The summed E-state index contributed by atoms with van der Waals surface area (Å²) in [4.78, 5) is 49.7. The van der Waals surface area contributed by atoms with Crippen LogP contribution >= 0.6 is 35.7 Å². The molecule has 20 heteroatoms. The molecule has 0 spiro atoms. The van der Waals surface area contributed by atoms with E-state index < -0.39 is 53.4 Å². The molecule has 166 valence electrons. The van der Waals surface area contributed by atoms with Gasteiger partial charge in [-0.3, -0.25) is 14.1 Å². The minimum absolute atomic E-state index is 0.00349. The van der Waals surface area contributed by atoms with Crippen LogP contribution in [0.4, 0.5) is 4.39 Å². The average molecular weight is 502 g/mol. The van der Waals surface area contributed by atoms with E-state index >= 15 is 0 Å². The Morgan fingerprint density at radius 2 is 1.83 bits per heavy atom. The first-order valence-electron chi connectivity index (χ1n) is 7.11. The summed E-state index contributed by atoms with van der Waals surface area (Å²) < 4.78 is 65.4. The van der Waals surface area contributed by atoms with Crippen molar-refractivity contribution in [2.75, 3.05) is 0 Å². The van der Waals surface area contributed by atoms with Crippen LogP contribution in [-0.2, 0) is 31.6 Å². The highest BCUT2D eigenvalue weighted by molar-refractivity contribution is 7.71. The summed E-state index contributed by atoms with van der Waals surface area (Å²) in [5, 5.41) is 10.00. The molecule has 1 aromatic rings. The number of hydrogen-bond donors (Lipinski definition) is 6. The zero-order valence-corrected chi connectivity index (χ0v) is 17.5. The topological polar surface area (TPSA) is 227 Å². The van der Waals surface area contributed by atoms with Gasteiger partial charge in [0, 0.05) is 6.20 Å². The molecule has 1 saturated heterocycles. The van der Waals surface area contributed by atoms with E-state index in [1.807, 2.05) is 0 Å². The number of nitrogens with zero attached hydrogens (tertiary/aromatic N) is 1. The van der Waals surface area contributed by atoms with E-state index in [-0.39, 0.29) is 4.64 Å². The van der Waals surface area contributed by atoms with Gasteiger partial charge in [-0.15, -0.1) is 0 Å². The molecule has 0 amide bonds. The van der Waals surface area contributed by atoms with Gasteiger partial charge in [-0.05, 0) is 13.0 Å². The quantitative estimate of drug-likeness (QED) is 0.216. The van der Waals surface area contributed by atoms with Crippen molar-refractivity contribution in [3.8, 4) is 0 Å². The number of phosphoric acid groups is 3. The molecule has 0 radical (unpaired) electrons. The first-order chi connectivity index (χ1) is 12.9. The lowest BCUT2D eigenvalue weighted by atomic mass is 10.1. The molecular formula is C9H14FN2O13P3S. The molecule has 0 bridgehead atoms. The number of hydrogen-bond acceptors (Lipinski definition) is 10. The second-order valence-corrected chi connectivity index (χ2v) is 10.4. The highest BCUT2D eigenvalue weighted by Crippen LogP contribution is 2.67. The van der Waals surface area contributed by atoms with Crippen LogP contribution in [0.2, 0.25) is 0 Å². The normalized spacial score (nSPS) is 31.9. The van der Waals surface area contributed by atoms with Gasteiger partial charge in [-0.25, -0.2) is 22.9 Å². The number of aliphatic hydroxyl groups excluding tert-OH is 1. The third kappa shape index (κ3) is 6.18. The van der Waals surface area contributed by atoms with Gasteiger partial charge in [-0.1, -0.05) is 12.2 Å². The summed E-state index contributed by atoms with van der Waals surface area (Å²) in [6.45, 7) is 0.735. The minimum Gasteiger partial charge on any atom is -0.384 e. The molecule has 15 nitrogen and oxygen atoms in total. The van der Waals surface area contributed by atoms with Crippen molar-refractivity contribution >= 4 is 35.7 Å². The average Bonchev–Trinajstić information content (AvgIpc) is 2.67. The number of halogens is 1. The standard InChI is InChI=1S/C9H14FN2O13P3S/c1-9(23-27(18,19)25-28(20,21)24-26(15,16)17)6(13)5(10)7(22-9)12-3-2-4(29)11-8(12)14/h2-3,5-7,13H,1H3,(H,18,19)(H,20,21)(H,11,14,29)(H2,15,16,17)/t5-,6+,7+,9+/m0/s1. The Bertz CT molecular complexity index is 1040. The van der Waals surface area contributed by atoms with Crippen LogP contribution in [0.1, 0.15) is 13.2 Å². The molecule has 6 atom stereocenters. The van der Waals surface area contributed by atoms with Crippen LogP contribution in [0.3, 0.4) is 0 Å². The second kappa shape index (κ2) is 8.13. The number of nitrogens with one attached hydrogen (secondary N) is 1. The summed E-state index contributed by atoms with van der Waals surface area (Å²) in [5.41, 5.74) is -0.958. The molecule has 2 rings (SSSR count). The van der Waals surface area contributed by atoms with Crippen molar-refractivity contribution in [1.29, 1.82) is 0 Å². The van der Waals surface area contributed by atoms with E-state index in [0.717, 1.165) is 13.1 Å². The number of phosphoric ester groups is 1. The van der Waals surface area contributed by atoms with Crippen LogP contribution in [-0.4, -0.2) is 52.3 Å². The first-order valence-corrected chi connectivity index (χ1v) is 12.0. The highest BCUT2D eigenvalue weighted by atomic mass is 32.1. The predicted molar refractivity (Wildman–Crippen MR) is 90.3 cm³/mol. The Morgan fingerprint density at radius 1 is 1.24 bits per heavy atom. The summed E-state index contributed by atoms with van der Waals surface area (Å²) in [7, 11) is -17.2. The summed E-state index contributed by atoms with van der Waals surface area (Å²) in [5.74, 6) is -2.72. The van der Waals surface area contributed by atoms with Gasteiger partial charge in [0.1, 0.15) is 10.7 Å². The second-order valence-electron chi connectivity index (χ2n) is 5.61. The van der Waals surface area contributed by atoms with Crippen molar-refractivity contribution in [1.82, 2.24) is 9.55 Å². The van der Waals surface area contributed by atoms with E-state index in [0.29, 0.717) is 4.57 Å². The van der Waals surface area contributed by atoms with Crippen LogP contribution in [0.25, 0.3) is 0 Å². The number of rotatable bonds is 7. The summed E-state index contributed by atoms with van der Waals surface area (Å²) in [6, 6.07) is 1.18. The number of ether oxygens (including phenoxy) is 1. The molecule has 0 aliphatic carbocycles. The molecule has 6 N–H and O–H groups in total. The zero-order valence-electron chi connectivity index (χ0n) is 14.0. The molecule has 2 unspecified atom stereocenters. The van der Waals surface area contributed by atoms with E-state index in [9.17, 15) is 32.9 Å². The van der Waals surface area contributed by atoms with Crippen LogP contribution in [0.15, 0.2) is 17.1 Å². The third-order valence-electron chi connectivity index (χ3n) is 3.30. The Balaban J connectivity index is 2.26. The van der Waals surface area contributed by atoms with Gasteiger partial charge < -0.3 is 29.4 Å². The Hall–Kier alpha value is -0.640. The zero-order chi connectivity index (χ0) is 22.4. The number of aromatic nitrogens is 2. The van der Waals surface area contributed by atoms with Crippen LogP contribution < -0.4 is 5.69 Å². The number of alkyl halides is 1. The smallest absolute Gasteiger partial charge is 0.384 e. The fourth-order valence-corrected chi connectivity index (χ4v) is 5.66. The maximum Gasteiger partial charge on any atom is 0.490 e. The van der Waals surface area contributed by atoms with Crippen molar-refractivity contribution < 1.29 is 60.6 Å². The molecule has 1 fully saturated rings. The summed E-state index contributed by atoms with van der Waals surface area (Å²) in [6.07, 6.45) is -5.62. The summed E-state index contributed by atoms with van der Waals surface area (Å²) >= 11 is 4.71. The first kappa shape index (κ1) is 24.6. The van der Waals surface area contributed by atoms with E-state index in [1.165, 1.54) is 6.07 Å². The van der Waals surface area contributed by atoms with Gasteiger partial charge in [0.2, 0.25) is 5.79 Å². The number of H-pyrrole nitrogens is 1. The minimum atomic E-state index is -5.85. The highest BCUT2D eigenvalue weighted by Gasteiger charge is 2.58. The van der Waals surface area contributed by atoms with Gasteiger partial charge >= 0.3 is 29.2 Å². The van der Waals surface area contributed by atoms with Crippen LogP contribution in [0, 0.1) is 4.64 Å². The fourth-order valence-electron chi connectivity index (χ4n) is 2.26.